The van der Waals surface area contributed by atoms with Crippen molar-refractivity contribution in [2.75, 3.05) is 28.1 Å². The zero-order valence-electron chi connectivity index (χ0n) is 15.3. The van der Waals surface area contributed by atoms with Gasteiger partial charge in [0.25, 0.3) is 0 Å². The van der Waals surface area contributed by atoms with Crippen LogP contribution in [0, 0.1) is 0 Å². The highest BCUT2D eigenvalue weighted by atomic mass is 16.7. The predicted molar refractivity (Wildman–Crippen MR) is 97.5 cm³/mol. The Hall–Kier alpha value is -3.35. The van der Waals surface area contributed by atoms with Gasteiger partial charge in [-0.15, -0.1) is 0 Å². The Morgan fingerprint density at radius 1 is 1.00 bits per heavy atom. The van der Waals surface area contributed by atoms with E-state index in [1.165, 1.54) is 27.4 Å². The molecule has 0 atom stereocenters. The van der Waals surface area contributed by atoms with Crippen LogP contribution in [0.1, 0.15) is 11.1 Å². The van der Waals surface area contributed by atoms with Crippen molar-refractivity contribution < 1.29 is 33.2 Å². The van der Waals surface area contributed by atoms with Gasteiger partial charge in [0.2, 0.25) is 12.5 Å². The van der Waals surface area contributed by atoms with Gasteiger partial charge < -0.3 is 28.4 Å². The molecule has 0 bridgehead atoms. The lowest BCUT2D eigenvalue weighted by Crippen LogP contribution is -2.01. The molecule has 1 aliphatic rings. The summed E-state index contributed by atoms with van der Waals surface area (Å²) in [5, 5.41) is 0. The number of carbonyl (C=O) groups is 1. The van der Waals surface area contributed by atoms with E-state index in [2.05, 4.69) is 0 Å². The van der Waals surface area contributed by atoms with E-state index >= 15 is 0 Å². The maximum absolute atomic E-state index is 12.0. The van der Waals surface area contributed by atoms with Gasteiger partial charge in [-0.2, -0.15) is 0 Å². The molecule has 0 radical (unpaired) electrons. The fourth-order valence-electron chi connectivity index (χ4n) is 2.60. The smallest absolute Gasteiger partial charge is 0.331 e. The predicted octanol–water partition coefficient (Wildman–Crippen LogP) is 3.20. The van der Waals surface area contributed by atoms with E-state index in [-0.39, 0.29) is 13.4 Å². The number of ether oxygens (including phenoxy) is 6. The highest BCUT2D eigenvalue weighted by molar-refractivity contribution is 5.87. The molecule has 7 heteroatoms. The third-order valence-corrected chi connectivity index (χ3v) is 3.92. The molecule has 0 aliphatic carbocycles. The molecule has 0 unspecified atom stereocenters. The number of hydrogen-bond donors (Lipinski definition) is 0. The molecule has 0 fully saturated rings. The van der Waals surface area contributed by atoms with E-state index in [0.717, 1.165) is 5.56 Å². The zero-order chi connectivity index (χ0) is 19.2. The summed E-state index contributed by atoms with van der Waals surface area (Å²) < 4.78 is 31.7. The van der Waals surface area contributed by atoms with Crippen molar-refractivity contribution in [1.82, 2.24) is 0 Å². The lowest BCUT2D eigenvalue weighted by molar-refractivity contribution is -0.138. The van der Waals surface area contributed by atoms with Crippen molar-refractivity contribution >= 4 is 12.0 Å². The van der Waals surface area contributed by atoms with Crippen LogP contribution < -0.4 is 23.7 Å². The molecule has 7 nitrogen and oxygen atoms in total. The van der Waals surface area contributed by atoms with E-state index in [0.29, 0.717) is 34.3 Å². The molecule has 1 heterocycles. The van der Waals surface area contributed by atoms with Gasteiger partial charge in [-0.25, -0.2) is 4.79 Å². The lowest BCUT2D eigenvalue weighted by Gasteiger charge is -2.12. The van der Waals surface area contributed by atoms with Gasteiger partial charge in [-0.3, -0.25) is 0 Å². The van der Waals surface area contributed by atoms with E-state index in [9.17, 15) is 4.79 Å². The Morgan fingerprint density at radius 2 is 1.70 bits per heavy atom. The first kappa shape index (κ1) is 18.4. The molecule has 27 heavy (non-hydrogen) atoms. The summed E-state index contributed by atoms with van der Waals surface area (Å²) in [6.07, 6.45) is 2.96. The normalized spacial score (nSPS) is 12.1. The summed E-state index contributed by atoms with van der Waals surface area (Å²) in [6.45, 7) is 0.338. The quantitative estimate of drug-likeness (QED) is 0.546. The van der Waals surface area contributed by atoms with Crippen molar-refractivity contribution in [2.24, 2.45) is 0 Å². The van der Waals surface area contributed by atoms with Gasteiger partial charge in [0.05, 0.1) is 21.3 Å². The van der Waals surface area contributed by atoms with Gasteiger partial charge in [0.15, 0.2) is 23.0 Å². The fraction of sp³-hybridized carbons (Fsp3) is 0.250. The fourth-order valence-corrected chi connectivity index (χ4v) is 2.60. The molecule has 3 rings (SSSR count). The van der Waals surface area contributed by atoms with Crippen LogP contribution in [-0.4, -0.2) is 34.1 Å². The largest absolute Gasteiger partial charge is 0.493 e. The maximum Gasteiger partial charge on any atom is 0.331 e. The second kappa shape index (κ2) is 8.35. The van der Waals surface area contributed by atoms with Crippen molar-refractivity contribution in [2.45, 2.75) is 6.61 Å². The third-order valence-electron chi connectivity index (χ3n) is 3.92. The summed E-state index contributed by atoms with van der Waals surface area (Å²) >= 11 is 0. The first-order valence-corrected chi connectivity index (χ1v) is 8.18. The number of rotatable bonds is 7. The maximum atomic E-state index is 12.0. The minimum Gasteiger partial charge on any atom is -0.493 e. The molecule has 2 aromatic carbocycles. The summed E-state index contributed by atoms with van der Waals surface area (Å²) in [5.41, 5.74) is 1.53. The Kier molecular flexibility index (Phi) is 5.71. The number of benzene rings is 2. The first-order valence-electron chi connectivity index (χ1n) is 8.18. The van der Waals surface area contributed by atoms with Crippen LogP contribution in [-0.2, 0) is 16.1 Å². The topological polar surface area (TPSA) is 72.5 Å². The zero-order valence-corrected chi connectivity index (χ0v) is 15.3. The minimum atomic E-state index is -0.471. The standard InChI is InChI=1S/C20H20O7/c1-22-17-8-13(9-18(23-2)20(17)24-3)5-7-19(21)25-11-14-4-6-15-16(10-14)27-12-26-15/h4-10H,11-12H2,1-3H3/b7-5+. The molecular weight excluding hydrogens is 352 g/mol. The Morgan fingerprint density at radius 3 is 2.37 bits per heavy atom. The summed E-state index contributed by atoms with van der Waals surface area (Å²) in [6, 6.07) is 8.88. The van der Waals surface area contributed by atoms with E-state index in [4.69, 9.17) is 28.4 Å². The number of hydrogen-bond acceptors (Lipinski definition) is 7. The van der Waals surface area contributed by atoms with Crippen molar-refractivity contribution in [3.8, 4) is 28.7 Å². The lowest BCUT2D eigenvalue weighted by atomic mass is 10.1. The summed E-state index contributed by atoms with van der Waals surface area (Å²) in [7, 11) is 4.60. The van der Waals surface area contributed by atoms with Gasteiger partial charge in [-0.05, 0) is 41.5 Å². The number of methoxy groups -OCH3 is 3. The molecule has 0 amide bonds. The highest BCUT2D eigenvalue weighted by Crippen LogP contribution is 2.38. The molecule has 0 N–H and O–H groups in total. The molecule has 0 aromatic heterocycles. The average molecular weight is 372 g/mol. The van der Waals surface area contributed by atoms with E-state index in [1.807, 2.05) is 6.07 Å². The molecule has 0 saturated carbocycles. The average Bonchev–Trinajstić information content (AvgIpc) is 3.17. The SMILES string of the molecule is COc1cc(/C=C/C(=O)OCc2ccc3c(c2)OCO3)cc(OC)c1OC. The number of esters is 1. The van der Waals surface area contributed by atoms with Crippen LogP contribution in [0.25, 0.3) is 6.08 Å². The summed E-state index contributed by atoms with van der Waals surface area (Å²) in [5.74, 6) is 2.36. The van der Waals surface area contributed by atoms with E-state index < -0.39 is 5.97 Å². The molecule has 1 aliphatic heterocycles. The van der Waals surface area contributed by atoms with Gasteiger partial charge in [0.1, 0.15) is 6.61 Å². The van der Waals surface area contributed by atoms with Crippen LogP contribution >= 0.6 is 0 Å². The first-order chi connectivity index (χ1) is 13.1. The van der Waals surface area contributed by atoms with Crippen LogP contribution in [0.2, 0.25) is 0 Å². The Bertz CT molecular complexity index is 832. The van der Waals surface area contributed by atoms with E-state index in [1.54, 1.807) is 30.3 Å². The number of carbonyl (C=O) groups excluding carboxylic acids is 1. The summed E-state index contributed by atoms with van der Waals surface area (Å²) in [4.78, 5) is 12.0. The van der Waals surface area contributed by atoms with Crippen LogP contribution in [0.4, 0.5) is 0 Å². The van der Waals surface area contributed by atoms with Crippen molar-refractivity contribution in [3.63, 3.8) is 0 Å². The van der Waals surface area contributed by atoms with Crippen molar-refractivity contribution in [3.05, 3.63) is 47.5 Å². The molecule has 2 aromatic rings. The molecule has 0 spiro atoms. The van der Waals surface area contributed by atoms with Gasteiger partial charge in [-0.1, -0.05) is 6.07 Å². The van der Waals surface area contributed by atoms with Crippen LogP contribution in [0.15, 0.2) is 36.4 Å². The van der Waals surface area contributed by atoms with Crippen LogP contribution in [0.3, 0.4) is 0 Å². The molecular formula is C20H20O7. The second-order valence-electron chi connectivity index (χ2n) is 5.59. The number of fused-ring (bicyclic) bond motifs is 1. The molecule has 142 valence electrons. The highest BCUT2D eigenvalue weighted by Gasteiger charge is 2.14. The van der Waals surface area contributed by atoms with Crippen molar-refractivity contribution in [1.29, 1.82) is 0 Å². The molecule has 0 saturated heterocycles. The monoisotopic (exact) mass is 372 g/mol. The minimum absolute atomic E-state index is 0.134. The third kappa shape index (κ3) is 4.25. The second-order valence-corrected chi connectivity index (χ2v) is 5.59. The Labute approximate surface area is 157 Å². The van der Waals surface area contributed by atoms with Gasteiger partial charge in [0, 0.05) is 6.08 Å². The van der Waals surface area contributed by atoms with Crippen LogP contribution in [0.5, 0.6) is 28.7 Å². The van der Waals surface area contributed by atoms with Gasteiger partial charge >= 0.3 is 5.97 Å². The Balaban J connectivity index is 1.64.